The number of aromatic nitrogens is 3. The SMILES string of the molecule is Oc1nc(-c2ccccn2)nc2c(-c3ccc(OC4CCCCC4)cc3)csc12. The standard InChI is InChI=1S/C23H21N3O2S/c27-23-21-20(25-22(26-23)19-8-4-5-13-24-19)18(14-29-21)15-9-11-17(12-10-15)28-16-6-2-1-3-7-16/h4-5,8-14,16H,1-3,6-7H2,(H,25,26,27). The van der Waals surface area contributed by atoms with Crippen LogP contribution in [0.4, 0.5) is 0 Å². The molecule has 0 radical (unpaired) electrons. The van der Waals surface area contributed by atoms with Crippen molar-refractivity contribution in [2.45, 2.75) is 38.2 Å². The number of thiophene rings is 1. The first-order valence-corrected chi connectivity index (χ1v) is 10.8. The van der Waals surface area contributed by atoms with Crippen LogP contribution in [0.1, 0.15) is 32.1 Å². The largest absolute Gasteiger partial charge is 0.492 e. The maximum atomic E-state index is 10.4. The van der Waals surface area contributed by atoms with Crippen LogP contribution in [0.5, 0.6) is 11.6 Å². The van der Waals surface area contributed by atoms with Crippen molar-refractivity contribution in [1.82, 2.24) is 15.0 Å². The summed E-state index contributed by atoms with van der Waals surface area (Å²) in [5.41, 5.74) is 3.39. The molecule has 0 unspecified atom stereocenters. The van der Waals surface area contributed by atoms with Gasteiger partial charge in [0.15, 0.2) is 5.82 Å². The molecule has 1 aliphatic rings. The fraction of sp³-hybridized carbons (Fsp3) is 0.261. The maximum Gasteiger partial charge on any atom is 0.233 e. The van der Waals surface area contributed by atoms with Gasteiger partial charge in [-0.1, -0.05) is 24.6 Å². The van der Waals surface area contributed by atoms with E-state index in [1.165, 1.54) is 30.6 Å². The number of fused-ring (bicyclic) bond motifs is 1. The summed E-state index contributed by atoms with van der Waals surface area (Å²) in [7, 11) is 0. The molecule has 3 aromatic heterocycles. The summed E-state index contributed by atoms with van der Waals surface area (Å²) < 4.78 is 6.82. The third-order valence-corrected chi connectivity index (χ3v) is 6.28. The molecule has 1 saturated carbocycles. The quantitative estimate of drug-likeness (QED) is 0.464. The minimum atomic E-state index is -0.0100. The van der Waals surface area contributed by atoms with E-state index in [-0.39, 0.29) is 5.88 Å². The molecular weight excluding hydrogens is 382 g/mol. The van der Waals surface area contributed by atoms with Gasteiger partial charge in [0.25, 0.3) is 0 Å². The zero-order valence-electron chi connectivity index (χ0n) is 15.9. The van der Waals surface area contributed by atoms with Gasteiger partial charge in [0.2, 0.25) is 5.88 Å². The Labute approximate surface area is 173 Å². The van der Waals surface area contributed by atoms with Crippen molar-refractivity contribution in [2.24, 2.45) is 0 Å². The average molecular weight is 404 g/mol. The van der Waals surface area contributed by atoms with Crippen molar-refractivity contribution >= 4 is 21.6 Å². The first kappa shape index (κ1) is 18.1. The second-order valence-electron chi connectivity index (χ2n) is 7.32. The Morgan fingerprint density at radius 1 is 0.966 bits per heavy atom. The molecule has 5 nitrogen and oxygen atoms in total. The highest BCUT2D eigenvalue weighted by Gasteiger charge is 2.17. The number of ether oxygens (including phenoxy) is 1. The van der Waals surface area contributed by atoms with Crippen molar-refractivity contribution < 1.29 is 9.84 Å². The average Bonchev–Trinajstić information content (AvgIpc) is 3.20. The normalized spacial score (nSPS) is 14.9. The highest BCUT2D eigenvalue weighted by molar-refractivity contribution is 7.18. The summed E-state index contributed by atoms with van der Waals surface area (Å²) in [6.45, 7) is 0. The zero-order chi connectivity index (χ0) is 19.6. The zero-order valence-corrected chi connectivity index (χ0v) is 16.7. The minimum Gasteiger partial charge on any atom is -0.492 e. The summed E-state index contributed by atoms with van der Waals surface area (Å²) in [6, 6.07) is 13.7. The Kier molecular flexibility index (Phi) is 4.86. The van der Waals surface area contributed by atoms with Crippen LogP contribution in [0, 0.1) is 0 Å². The van der Waals surface area contributed by atoms with Crippen LogP contribution in [0.3, 0.4) is 0 Å². The Morgan fingerprint density at radius 3 is 2.55 bits per heavy atom. The van der Waals surface area contributed by atoms with Crippen LogP contribution in [0.2, 0.25) is 0 Å². The first-order chi connectivity index (χ1) is 14.3. The van der Waals surface area contributed by atoms with E-state index in [9.17, 15) is 5.11 Å². The van der Waals surface area contributed by atoms with Crippen molar-refractivity contribution in [3.63, 3.8) is 0 Å². The maximum absolute atomic E-state index is 10.4. The summed E-state index contributed by atoms with van der Waals surface area (Å²) in [5, 5.41) is 12.4. The van der Waals surface area contributed by atoms with Gasteiger partial charge in [-0.3, -0.25) is 4.98 Å². The predicted octanol–water partition coefficient (Wildman–Crippen LogP) is 5.84. The van der Waals surface area contributed by atoms with Gasteiger partial charge in [-0.05, 0) is 55.5 Å². The Hall–Kier alpha value is -2.99. The summed E-state index contributed by atoms with van der Waals surface area (Å²) in [5.74, 6) is 1.32. The molecule has 0 atom stereocenters. The van der Waals surface area contributed by atoms with Gasteiger partial charge in [0.1, 0.15) is 16.1 Å². The number of hydrogen-bond donors (Lipinski definition) is 1. The van der Waals surface area contributed by atoms with Gasteiger partial charge < -0.3 is 9.84 Å². The van der Waals surface area contributed by atoms with Gasteiger partial charge in [-0.2, -0.15) is 4.98 Å². The topological polar surface area (TPSA) is 68.1 Å². The van der Waals surface area contributed by atoms with Gasteiger partial charge in [0.05, 0.1) is 11.6 Å². The lowest BCUT2D eigenvalue weighted by molar-refractivity contribution is 0.155. The molecule has 146 valence electrons. The molecule has 6 heteroatoms. The van der Waals surface area contributed by atoms with E-state index in [0.717, 1.165) is 35.2 Å². The van der Waals surface area contributed by atoms with E-state index in [2.05, 4.69) is 22.1 Å². The fourth-order valence-corrected chi connectivity index (χ4v) is 4.71. The number of pyridine rings is 1. The Morgan fingerprint density at radius 2 is 1.79 bits per heavy atom. The summed E-state index contributed by atoms with van der Waals surface area (Å²) in [4.78, 5) is 13.2. The van der Waals surface area contributed by atoms with E-state index < -0.39 is 0 Å². The number of benzene rings is 1. The fourth-order valence-electron chi connectivity index (χ4n) is 3.81. The van der Waals surface area contributed by atoms with Gasteiger partial charge in [-0.15, -0.1) is 11.3 Å². The van der Waals surface area contributed by atoms with Crippen LogP contribution in [-0.4, -0.2) is 26.2 Å². The van der Waals surface area contributed by atoms with E-state index >= 15 is 0 Å². The lowest BCUT2D eigenvalue weighted by atomic mass is 9.98. The molecule has 29 heavy (non-hydrogen) atoms. The monoisotopic (exact) mass is 403 g/mol. The smallest absolute Gasteiger partial charge is 0.233 e. The minimum absolute atomic E-state index is 0.0100. The summed E-state index contributed by atoms with van der Waals surface area (Å²) in [6.07, 6.45) is 8.14. The molecule has 0 spiro atoms. The van der Waals surface area contributed by atoms with Gasteiger partial charge in [0, 0.05) is 17.1 Å². The van der Waals surface area contributed by atoms with E-state index in [1.807, 2.05) is 35.7 Å². The molecule has 4 aromatic rings. The van der Waals surface area contributed by atoms with Crippen LogP contribution >= 0.6 is 11.3 Å². The van der Waals surface area contributed by atoms with Crippen molar-refractivity contribution in [3.05, 3.63) is 54.0 Å². The second-order valence-corrected chi connectivity index (χ2v) is 8.19. The van der Waals surface area contributed by atoms with E-state index in [0.29, 0.717) is 22.3 Å². The lowest BCUT2D eigenvalue weighted by Gasteiger charge is -2.23. The van der Waals surface area contributed by atoms with Crippen LogP contribution in [-0.2, 0) is 0 Å². The molecule has 3 heterocycles. The molecule has 0 saturated heterocycles. The molecule has 1 aliphatic carbocycles. The molecule has 1 fully saturated rings. The van der Waals surface area contributed by atoms with Crippen molar-refractivity contribution in [1.29, 1.82) is 0 Å². The van der Waals surface area contributed by atoms with Gasteiger partial charge >= 0.3 is 0 Å². The molecule has 0 aliphatic heterocycles. The molecular formula is C23H21N3O2S. The van der Waals surface area contributed by atoms with E-state index in [4.69, 9.17) is 9.72 Å². The second kappa shape index (κ2) is 7.79. The molecule has 0 bridgehead atoms. The highest BCUT2D eigenvalue weighted by Crippen LogP contribution is 2.38. The van der Waals surface area contributed by atoms with Crippen LogP contribution in [0.15, 0.2) is 54.0 Å². The third kappa shape index (κ3) is 3.68. The predicted molar refractivity (Wildman–Crippen MR) is 115 cm³/mol. The van der Waals surface area contributed by atoms with E-state index in [1.54, 1.807) is 6.20 Å². The summed E-state index contributed by atoms with van der Waals surface area (Å²) >= 11 is 1.45. The Bertz CT molecular complexity index is 1120. The number of hydrogen-bond acceptors (Lipinski definition) is 6. The third-order valence-electron chi connectivity index (χ3n) is 5.31. The van der Waals surface area contributed by atoms with Crippen molar-refractivity contribution in [3.8, 4) is 34.3 Å². The lowest BCUT2D eigenvalue weighted by Crippen LogP contribution is -2.19. The van der Waals surface area contributed by atoms with Crippen LogP contribution < -0.4 is 4.74 Å². The molecule has 5 rings (SSSR count). The van der Waals surface area contributed by atoms with Gasteiger partial charge in [-0.25, -0.2) is 4.98 Å². The van der Waals surface area contributed by atoms with Crippen molar-refractivity contribution in [2.75, 3.05) is 0 Å². The number of rotatable bonds is 4. The van der Waals surface area contributed by atoms with Crippen LogP contribution in [0.25, 0.3) is 32.9 Å². The Balaban J connectivity index is 1.47. The number of aromatic hydroxyl groups is 1. The molecule has 1 aromatic carbocycles. The molecule has 1 N–H and O–H groups in total. The first-order valence-electron chi connectivity index (χ1n) is 9.94. The number of nitrogens with zero attached hydrogens (tertiary/aromatic N) is 3. The molecule has 0 amide bonds. The highest BCUT2D eigenvalue weighted by atomic mass is 32.1.